The quantitative estimate of drug-likeness (QED) is 0.585. The van der Waals surface area contributed by atoms with Crippen LogP contribution in [-0.2, 0) is 16.0 Å². The van der Waals surface area contributed by atoms with Gasteiger partial charge in [-0.2, -0.15) is 0 Å². The highest BCUT2D eigenvalue weighted by atomic mass is 16.5. The van der Waals surface area contributed by atoms with E-state index >= 15 is 0 Å². The molecule has 1 aromatic heterocycles. The number of amides is 1. The summed E-state index contributed by atoms with van der Waals surface area (Å²) in [4.78, 5) is 19.5. The summed E-state index contributed by atoms with van der Waals surface area (Å²) in [6, 6.07) is 15.7. The molecule has 0 saturated heterocycles. The first-order valence-electron chi connectivity index (χ1n) is 9.77. The van der Waals surface area contributed by atoms with Crippen LogP contribution in [0.1, 0.15) is 31.0 Å². The number of aromatic nitrogens is 1. The molecule has 1 atom stereocenters. The number of ether oxygens (including phenoxy) is 1. The lowest BCUT2D eigenvalue weighted by Gasteiger charge is -2.18. The molecule has 1 N–H and O–H groups in total. The number of rotatable bonds is 12. The van der Waals surface area contributed by atoms with Crippen molar-refractivity contribution >= 4 is 5.91 Å². The van der Waals surface area contributed by atoms with Gasteiger partial charge in [-0.1, -0.05) is 50.2 Å². The SMILES string of the molecule is CCN(CC)CCOCCNC(=O)C(Cc1ccccn1)c1ccccc1. The molecule has 5 nitrogen and oxygen atoms in total. The maximum absolute atomic E-state index is 12.8. The molecule has 0 bridgehead atoms. The van der Waals surface area contributed by atoms with E-state index in [1.807, 2.05) is 48.5 Å². The van der Waals surface area contributed by atoms with Gasteiger partial charge in [-0.25, -0.2) is 0 Å². The summed E-state index contributed by atoms with van der Waals surface area (Å²) in [6.45, 7) is 9.01. The third-order valence-electron chi connectivity index (χ3n) is 4.65. The van der Waals surface area contributed by atoms with Gasteiger partial charge in [0.1, 0.15) is 0 Å². The normalized spacial score (nSPS) is 12.1. The van der Waals surface area contributed by atoms with Crippen molar-refractivity contribution in [3.05, 3.63) is 66.0 Å². The van der Waals surface area contributed by atoms with Gasteiger partial charge in [0.2, 0.25) is 5.91 Å². The third-order valence-corrected chi connectivity index (χ3v) is 4.65. The first-order valence-corrected chi connectivity index (χ1v) is 9.77. The van der Waals surface area contributed by atoms with Crippen LogP contribution < -0.4 is 5.32 Å². The van der Waals surface area contributed by atoms with E-state index in [1.165, 1.54) is 0 Å². The Labute approximate surface area is 162 Å². The van der Waals surface area contributed by atoms with Crippen molar-refractivity contribution in [2.24, 2.45) is 0 Å². The van der Waals surface area contributed by atoms with Gasteiger partial charge in [0.05, 0.1) is 19.1 Å². The molecule has 0 aliphatic rings. The second-order valence-corrected chi connectivity index (χ2v) is 6.42. The van der Waals surface area contributed by atoms with Crippen LogP contribution in [0.3, 0.4) is 0 Å². The summed E-state index contributed by atoms with van der Waals surface area (Å²) in [7, 11) is 0. The monoisotopic (exact) mass is 369 g/mol. The van der Waals surface area contributed by atoms with Gasteiger partial charge >= 0.3 is 0 Å². The predicted molar refractivity (Wildman–Crippen MR) is 109 cm³/mol. The van der Waals surface area contributed by atoms with E-state index in [-0.39, 0.29) is 11.8 Å². The zero-order valence-corrected chi connectivity index (χ0v) is 16.4. The van der Waals surface area contributed by atoms with Gasteiger partial charge in [0, 0.05) is 31.4 Å². The standard InChI is InChI=1S/C22H31N3O2/c1-3-25(4-2)15-17-27-16-14-24-22(26)21(19-10-6-5-7-11-19)18-20-12-8-9-13-23-20/h5-13,21H,3-4,14-18H2,1-2H3,(H,24,26). The second kappa shape index (κ2) is 12.2. The second-order valence-electron chi connectivity index (χ2n) is 6.42. The van der Waals surface area contributed by atoms with E-state index < -0.39 is 0 Å². The summed E-state index contributed by atoms with van der Waals surface area (Å²) in [5.74, 6) is -0.240. The van der Waals surface area contributed by atoms with Crippen LogP contribution in [0, 0.1) is 0 Å². The molecule has 27 heavy (non-hydrogen) atoms. The van der Waals surface area contributed by atoms with Crippen molar-refractivity contribution in [2.45, 2.75) is 26.2 Å². The van der Waals surface area contributed by atoms with Gasteiger partial charge in [0.15, 0.2) is 0 Å². The molecular weight excluding hydrogens is 338 g/mol. The molecule has 1 unspecified atom stereocenters. The minimum absolute atomic E-state index is 0.0131. The fourth-order valence-corrected chi connectivity index (χ4v) is 2.98. The van der Waals surface area contributed by atoms with Crippen LogP contribution in [0.15, 0.2) is 54.7 Å². The zero-order valence-electron chi connectivity index (χ0n) is 16.4. The van der Waals surface area contributed by atoms with Gasteiger partial charge < -0.3 is 15.0 Å². The van der Waals surface area contributed by atoms with Crippen molar-refractivity contribution < 1.29 is 9.53 Å². The number of hydrogen-bond donors (Lipinski definition) is 1. The summed E-state index contributed by atoms with van der Waals surface area (Å²) in [5.41, 5.74) is 1.92. The smallest absolute Gasteiger partial charge is 0.228 e. The lowest BCUT2D eigenvalue weighted by molar-refractivity contribution is -0.122. The molecule has 1 aromatic carbocycles. The number of pyridine rings is 1. The molecule has 1 amide bonds. The Bertz CT molecular complexity index is 645. The Kier molecular flexibility index (Phi) is 9.52. The molecule has 0 spiro atoms. The Balaban J connectivity index is 1.83. The van der Waals surface area contributed by atoms with Crippen LogP contribution in [0.5, 0.6) is 0 Å². The topological polar surface area (TPSA) is 54.5 Å². The van der Waals surface area contributed by atoms with Gasteiger partial charge in [-0.05, 0) is 30.8 Å². The van der Waals surface area contributed by atoms with E-state index in [9.17, 15) is 4.79 Å². The molecule has 1 heterocycles. The maximum Gasteiger partial charge on any atom is 0.228 e. The van der Waals surface area contributed by atoms with E-state index in [1.54, 1.807) is 6.20 Å². The number of carbonyl (C=O) groups is 1. The summed E-state index contributed by atoms with van der Waals surface area (Å²) in [6.07, 6.45) is 2.35. The zero-order chi connectivity index (χ0) is 19.3. The lowest BCUT2D eigenvalue weighted by Crippen LogP contribution is -2.34. The van der Waals surface area contributed by atoms with E-state index in [0.29, 0.717) is 26.2 Å². The van der Waals surface area contributed by atoms with Crippen molar-refractivity contribution in [3.8, 4) is 0 Å². The summed E-state index contributed by atoms with van der Waals surface area (Å²) >= 11 is 0. The average molecular weight is 370 g/mol. The van der Waals surface area contributed by atoms with Crippen molar-refractivity contribution in [1.82, 2.24) is 15.2 Å². The van der Waals surface area contributed by atoms with Crippen molar-refractivity contribution in [1.29, 1.82) is 0 Å². The first-order chi connectivity index (χ1) is 13.2. The molecule has 0 radical (unpaired) electrons. The molecule has 0 saturated carbocycles. The lowest BCUT2D eigenvalue weighted by atomic mass is 9.93. The number of nitrogens with one attached hydrogen (secondary N) is 1. The van der Waals surface area contributed by atoms with Crippen LogP contribution in [0.25, 0.3) is 0 Å². The van der Waals surface area contributed by atoms with E-state index in [0.717, 1.165) is 30.9 Å². The maximum atomic E-state index is 12.8. The van der Waals surface area contributed by atoms with Crippen LogP contribution >= 0.6 is 0 Å². The molecule has 2 rings (SSSR count). The highest BCUT2D eigenvalue weighted by Crippen LogP contribution is 2.20. The summed E-state index contributed by atoms with van der Waals surface area (Å²) < 4.78 is 5.65. The third kappa shape index (κ3) is 7.49. The van der Waals surface area contributed by atoms with Crippen LogP contribution in [0.4, 0.5) is 0 Å². The minimum Gasteiger partial charge on any atom is -0.378 e. The van der Waals surface area contributed by atoms with Gasteiger partial charge in [0.25, 0.3) is 0 Å². The fraction of sp³-hybridized carbons (Fsp3) is 0.455. The number of benzene rings is 1. The largest absolute Gasteiger partial charge is 0.378 e. The predicted octanol–water partition coefficient (Wildman–Crippen LogP) is 2.88. The Morgan fingerprint density at radius 1 is 1.07 bits per heavy atom. The van der Waals surface area contributed by atoms with Gasteiger partial charge in [-0.15, -0.1) is 0 Å². The molecule has 2 aromatic rings. The summed E-state index contributed by atoms with van der Waals surface area (Å²) in [5, 5.41) is 3.01. The number of carbonyl (C=O) groups excluding carboxylic acids is 1. The molecule has 0 fully saturated rings. The molecular formula is C22H31N3O2. The van der Waals surface area contributed by atoms with E-state index in [4.69, 9.17) is 4.74 Å². The Morgan fingerprint density at radius 2 is 1.81 bits per heavy atom. The van der Waals surface area contributed by atoms with Gasteiger partial charge in [-0.3, -0.25) is 9.78 Å². The number of likely N-dealkylation sites (N-methyl/N-ethyl adjacent to an activating group) is 1. The highest BCUT2D eigenvalue weighted by Gasteiger charge is 2.21. The molecule has 5 heteroatoms. The number of nitrogens with zero attached hydrogens (tertiary/aromatic N) is 2. The molecule has 0 aliphatic heterocycles. The molecule has 0 aliphatic carbocycles. The minimum atomic E-state index is -0.253. The number of hydrogen-bond acceptors (Lipinski definition) is 4. The molecule has 146 valence electrons. The van der Waals surface area contributed by atoms with Crippen LogP contribution in [0.2, 0.25) is 0 Å². The first kappa shape index (κ1) is 21.1. The van der Waals surface area contributed by atoms with E-state index in [2.05, 4.69) is 29.0 Å². The fourth-order valence-electron chi connectivity index (χ4n) is 2.98. The Morgan fingerprint density at radius 3 is 2.48 bits per heavy atom. The average Bonchev–Trinajstić information content (AvgIpc) is 2.73. The highest BCUT2D eigenvalue weighted by molar-refractivity contribution is 5.83. The van der Waals surface area contributed by atoms with Crippen LogP contribution in [-0.4, -0.2) is 55.2 Å². The Hall–Kier alpha value is -2.24. The van der Waals surface area contributed by atoms with Crippen molar-refractivity contribution in [2.75, 3.05) is 39.4 Å². The van der Waals surface area contributed by atoms with Crippen molar-refractivity contribution in [3.63, 3.8) is 0 Å².